The number of rotatable bonds is 5. The maximum atomic E-state index is 11.5. The quantitative estimate of drug-likeness (QED) is 0.840. The van der Waals surface area contributed by atoms with E-state index in [2.05, 4.69) is 26.2 Å². The highest BCUT2D eigenvalue weighted by Gasteiger charge is 2.09. The average Bonchev–Trinajstić information content (AvgIpc) is 2.19. The van der Waals surface area contributed by atoms with Gasteiger partial charge in [-0.25, -0.2) is 4.98 Å². The highest BCUT2D eigenvalue weighted by molar-refractivity contribution is 9.10. The van der Waals surface area contributed by atoms with Gasteiger partial charge in [-0.3, -0.25) is 14.5 Å². The van der Waals surface area contributed by atoms with Gasteiger partial charge in [0, 0.05) is 10.7 Å². The molecule has 1 aromatic heterocycles. The molecule has 0 aliphatic carbocycles. The Labute approximate surface area is 107 Å². The van der Waals surface area contributed by atoms with Crippen LogP contribution in [0.5, 0.6) is 0 Å². The Morgan fingerprint density at radius 3 is 2.71 bits per heavy atom. The zero-order chi connectivity index (χ0) is 12.8. The summed E-state index contributed by atoms with van der Waals surface area (Å²) in [5.74, 6) is -0.840. The van der Waals surface area contributed by atoms with Gasteiger partial charge in [0.15, 0.2) is 0 Å². The summed E-state index contributed by atoms with van der Waals surface area (Å²) in [6, 6.07) is 3.41. The molecule has 2 N–H and O–H groups in total. The molecule has 0 radical (unpaired) electrons. The molecule has 0 unspecified atom stereocenters. The minimum absolute atomic E-state index is 0.00401. The number of nitrogens with zero attached hydrogens (tertiary/aromatic N) is 2. The first-order valence-corrected chi connectivity index (χ1v) is 5.58. The molecule has 1 heterocycles. The Balaban J connectivity index is 2.44. The molecule has 0 bridgehead atoms. The number of hydrogen-bond acceptors (Lipinski definition) is 4. The van der Waals surface area contributed by atoms with Crippen LogP contribution in [-0.4, -0.2) is 47.0 Å². The lowest BCUT2D eigenvalue weighted by molar-refractivity contribution is -0.138. The third-order valence-corrected chi connectivity index (χ3v) is 2.28. The molecule has 92 valence electrons. The Morgan fingerprint density at radius 2 is 2.18 bits per heavy atom. The van der Waals surface area contributed by atoms with Gasteiger partial charge in [0.1, 0.15) is 5.82 Å². The minimum atomic E-state index is -0.970. The average molecular weight is 302 g/mol. The number of carbonyl (C=O) groups excluding carboxylic acids is 1. The topological polar surface area (TPSA) is 82.5 Å². The molecule has 0 saturated carbocycles. The smallest absolute Gasteiger partial charge is 0.317 e. The van der Waals surface area contributed by atoms with E-state index in [-0.39, 0.29) is 19.0 Å². The maximum Gasteiger partial charge on any atom is 0.317 e. The van der Waals surface area contributed by atoms with E-state index in [0.717, 1.165) is 4.47 Å². The summed E-state index contributed by atoms with van der Waals surface area (Å²) in [7, 11) is 1.56. The molecule has 7 heteroatoms. The van der Waals surface area contributed by atoms with Crippen molar-refractivity contribution in [3.63, 3.8) is 0 Å². The number of aromatic nitrogens is 1. The predicted octanol–water partition coefficient (Wildman–Crippen LogP) is 0.799. The van der Waals surface area contributed by atoms with E-state index in [4.69, 9.17) is 5.11 Å². The van der Waals surface area contributed by atoms with Gasteiger partial charge in [-0.15, -0.1) is 0 Å². The van der Waals surface area contributed by atoms with Crippen LogP contribution in [0.25, 0.3) is 0 Å². The summed E-state index contributed by atoms with van der Waals surface area (Å²) < 4.78 is 0.818. The van der Waals surface area contributed by atoms with E-state index >= 15 is 0 Å². The lowest BCUT2D eigenvalue weighted by atomic mass is 10.4. The zero-order valence-electron chi connectivity index (χ0n) is 9.18. The minimum Gasteiger partial charge on any atom is -0.480 e. The fourth-order valence-corrected chi connectivity index (χ4v) is 1.40. The molecule has 0 aliphatic rings. The van der Waals surface area contributed by atoms with E-state index < -0.39 is 5.97 Å². The van der Waals surface area contributed by atoms with Crippen LogP contribution in [0.4, 0.5) is 5.82 Å². The number of hydrogen-bond donors (Lipinski definition) is 2. The van der Waals surface area contributed by atoms with Gasteiger partial charge in [0.05, 0.1) is 13.1 Å². The van der Waals surface area contributed by atoms with E-state index in [0.29, 0.717) is 5.82 Å². The van der Waals surface area contributed by atoms with Crippen LogP contribution in [-0.2, 0) is 9.59 Å². The molecule has 17 heavy (non-hydrogen) atoms. The van der Waals surface area contributed by atoms with Crippen LogP contribution >= 0.6 is 15.9 Å². The lowest BCUT2D eigenvalue weighted by Gasteiger charge is -2.13. The summed E-state index contributed by atoms with van der Waals surface area (Å²) in [5, 5.41) is 11.1. The molecule has 1 amide bonds. The Bertz CT molecular complexity index is 408. The zero-order valence-corrected chi connectivity index (χ0v) is 10.8. The van der Waals surface area contributed by atoms with Crippen LogP contribution in [0.1, 0.15) is 0 Å². The number of halogens is 1. The van der Waals surface area contributed by atoms with Crippen molar-refractivity contribution >= 4 is 33.6 Å². The van der Waals surface area contributed by atoms with Crippen LogP contribution in [0, 0.1) is 0 Å². The number of likely N-dealkylation sites (N-methyl/N-ethyl adjacent to an activating group) is 1. The fraction of sp³-hybridized carbons (Fsp3) is 0.300. The van der Waals surface area contributed by atoms with Crippen molar-refractivity contribution < 1.29 is 14.7 Å². The van der Waals surface area contributed by atoms with Gasteiger partial charge in [0.25, 0.3) is 0 Å². The monoisotopic (exact) mass is 301 g/mol. The SMILES string of the molecule is CN(CC(=O)O)CC(=O)Nc1ccc(Br)cn1. The first kappa shape index (κ1) is 13.6. The standard InChI is InChI=1S/C10H12BrN3O3/c1-14(6-10(16)17)5-9(15)13-8-3-2-7(11)4-12-8/h2-4H,5-6H2,1H3,(H,16,17)(H,12,13,15). The number of aliphatic carboxylic acids is 1. The number of anilines is 1. The van der Waals surface area contributed by atoms with E-state index in [9.17, 15) is 9.59 Å². The van der Waals surface area contributed by atoms with Crippen LogP contribution < -0.4 is 5.32 Å². The van der Waals surface area contributed by atoms with Crippen molar-refractivity contribution in [2.75, 3.05) is 25.5 Å². The lowest BCUT2D eigenvalue weighted by Crippen LogP contribution is -2.33. The van der Waals surface area contributed by atoms with Gasteiger partial charge in [0.2, 0.25) is 5.91 Å². The van der Waals surface area contributed by atoms with E-state index in [1.54, 1.807) is 25.4 Å². The second kappa shape index (κ2) is 6.31. The van der Waals surface area contributed by atoms with Gasteiger partial charge in [-0.2, -0.15) is 0 Å². The van der Waals surface area contributed by atoms with E-state index in [1.807, 2.05) is 0 Å². The number of amides is 1. The second-order valence-corrected chi connectivity index (χ2v) is 4.39. The summed E-state index contributed by atoms with van der Waals surface area (Å²) >= 11 is 3.23. The third-order valence-electron chi connectivity index (χ3n) is 1.81. The number of carboxylic acids is 1. The van der Waals surface area contributed by atoms with Crippen molar-refractivity contribution in [3.8, 4) is 0 Å². The van der Waals surface area contributed by atoms with Crippen LogP contribution in [0.2, 0.25) is 0 Å². The largest absolute Gasteiger partial charge is 0.480 e. The van der Waals surface area contributed by atoms with Crippen molar-refractivity contribution in [1.29, 1.82) is 0 Å². The molecule has 0 spiro atoms. The van der Waals surface area contributed by atoms with Gasteiger partial charge in [-0.1, -0.05) is 0 Å². The number of carboxylic acid groups (broad SMARTS) is 1. The summed E-state index contributed by atoms with van der Waals surface area (Å²) in [6.45, 7) is -0.175. The summed E-state index contributed by atoms with van der Waals surface area (Å²) in [5.41, 5.74) is 0. The molecule has 0 atom stereocenters. The first-order chi connectivity index (χ1) is 7.97. The highest BCUT2D eigenvalue weighted by Crippen LogP contribution is 2.10. The number of carbonyl (C=O) groups is 2. The molecule has 1 rings (SSSR count). The van der Waals surface area contributed by atoms with Gasteiger partial charge >= 0.3 is 5.97 Å². The van der Waals surface area contributed by atoms with Crippen molar-refractivity contribution in [3.05, 3.63) is 22.8 Å². The highest BCUT2D eigenvalue weighted by atomic mass is 79.9. The van der Waals surface area contributed by atoms with Crippen molar-refractivity contribution in [2.45, 2.75) is 0 Å². The fourth-order valence-electron chi connectivity index (χ4n) is 1.16. The maximum absolute atomic E-state index is 11.5. The Hall–Kier alpha value is -1.47. The van der Waals surface area contributed by atoms with Gasteiger partial charge in [-0.05, 0) is 35.1 Å². The van der Waals surface area contributed by atoms with Crippen LogP contribution in [0.3, 0.4) is 0 Å². The number of nitrogens with one attached hydrogen (secondary N) is 1. The molecular weight excluding hydrogens is 290 g/mol. The molecule has 1 aromatic rings. The molecule has 0 fully saturated rings. The van der Waals surface area contributed by atoms with Crippen LogP contribution in [0.15, 0.2) is 22.8 Å². The molecule has 0 aliphatic heterocycles. The van der Waals surface area contributed by atoms with Gasteiger partial charge < -0.3 is 10.4 Å². The molecule has 0 saturated heterocycles. The Morgan fingerprint density at radius 1 is 1.47 bits per heavy atom. The predicted molar refractivity (Wildman–Crippen MR) is 65.7 cm³/mol. The van der Waals surface area contributed by atoms with Crippen molar-refractivity contribution in [2.24, 2.45) is 0 Å². The Kier molecular flexibility index (Phi) is 5.05. The van der Waals surface area contributed by atoms with E-state index in [1.165, 1.54) is 4.90 Å². The normalized spacial score (nSPS) is 10.3. The third kappa shape index (κ3) is 5.41. The summed E-state index contributed by atoms with van der Waals surface area (Å²) in [6.07, 6.45) is 1.57. The van der Waals surface area contributed by atoms with Crippen molar-refractivity contribution in [1.82, 2.24) is 9.88 Å². The second-order valence-electron chi connectivity index (χ2n) is 3.48. The molecular formula is C10H12BrN3O3. The molecule has 0 aromatic carbocycles. The summed E-state index contributed by atoms with van der Waals surface area (Å²) in [4.78, 5) is 27.3. The first-order valence-electron chi connectivity index (χ1n) is 4.79. The molecule has 6 nitrogen and oxygen atoms in total. The number of pyridine rings is 1.